The van der Waals surface area contributed by atoms with Gasteiger partial charge in [-0.05, 0) is 66.5 Å². The molecule has 0 radical (unpaired) electrons. The number of hydrogen-bond acceptors (Lipinski definition) is 6. The average molecular weight is 528 g/mol. The fourth-order valence-electron chi connectivity index (χ4n) is 5.39. The molecule has 3 aromatic carbocycles. The number of likely N-dealkylation sites (tertiary alicyclic amines) is 1. The Hall–Kier alpha value is -4.37. The van der Waals surface area contributed by atoms with Crippen molar-refractivity contribution in [2.24, 2.45) is 0 Å². The van der Waals surface area contributed by atoms with E-state index in [1.54, 1.807) is 35.2 Å². The van der Waals surface area contributed by atoms with E-state index in [2.05, 4.69) is 9.97 Å². The number of fused-ring (bicyclic) bond motifs is 2. The zero-order valence-corrected chi connectivity index (χ0v) is 21.2. The van der Waals surface area contributed by atoms with Crippen LogP contribution >= 0.6 is 12.2 Å². The number of H-pyrrole nitrogens is 2. The van der Waals surface area contributed by atoms with Gasteiger partial charge in [-0.2, -0.15) is 0 Å². The fraction of sp³-hybridized carbons (Fsp3) is 0.207. The van der Waals surface area contributed by atoms with Crippen molar-refractivity contribution in [3.63, 3.8) is 0 Å². The molecule has 1 unspecified atom stereocenters. The number of ether oxygens (including phenoxy) is 1. The standard InChI is InChI=1S/C29H25N3O5S/c33-20-11-5-4-10-18(20)25-23(28(36)32-12-6-1-7-13-32)22(24-26(35)30-29(38)31-27(24)37-25)19-14-16-8-2-3-9-17(16)15-21(19)34/h2-5,8-11,14-15,22,33-34H,1,6-7,12-13H2,(H2,30,31,35,38). The van der Waals surface area contributed by atoms with Crippen LogP contribution < -0.4 is 10.3 Å². The zero-order valence-electron chi connectivity index (χ0n) is 20.4. The topological polar surface area (TPSA) is 119 Å². The Morgan fingerprint density at radius 2 is 1.61 bits per heavy atom. The van der Waals surface area contributed by atoms with Gasteiger partial charge in [0.25, 0.3) is 11.5 Å². The monoisotopic (exact) mass is 527 g/mol. The van der Waals surface area contributed by atoms with Crippen LogP contribution in [0.1, 0.15) is 41.9 Å². The first-order chi connectivity index (χ1) is 18.4. The van der Waals surface area contributed by atoms with Gasteiger partial charge in [-0.3, -0.25) is 14.6 Å². The summed E-state index contributed by atoms with van der Waals surface area (Å²) in [6.45, 7) is 1.13. The quantitative estimate of drug-likeness (QED) is 0.280. The molecule has 1 amide bonds. The Bertz CT molecular complexity index is 1730. The number of carbonyl (C=O) groups is 1. The molecule has 8 nitrogen and oxygen atoms in total. The highest BCUT2D eigenvalue weighted by molar-refractivity contribution is 7.71. The highest BCUT2D eigenvalue weighted by atomic mass is 32.1. The molecule has 4 aromatic rings. The van der Waals surface area contributed by atoms with Crippen molar-refractivity contribution < 1.29 is 19.7 Å². The largest absolute Gasteiger partial charge is 0.508 e. The summed E-state index contributed by atoms with van der Waals surface area (Å²) in [4.78, 5) is 34.9. The number of aromatic nitrogens is 2. The van der Waals surface area contributed by atoms with E-state index in [1.165, 1.54) is 6.07 Å². The van der Waals surface area contributed by atoms with Crippen molar-refractivity contribution in [2.45, 2.75) is 25.2 Å². The van der Waals surface area contributed by atoms with Gasteiger partial charge in [0.1, 0.15) is 17.3 Å². The molecule has 9 heteroatoms. The summed E-state index contributed by atoms with van der Waals surface area (Å²) in [6.07, 6.45) is 2.75. The van der Waals surface area contributed by atoms with E-state index in [0.29, 0.717) is 24.2 Å². The van der Waals surface area contributed by atoms with Crippen LogP contribution in [0.3, 0.4) is 0 Å². The van der Waals surface area contributed by atoms with Crippen molar-refractivity contribution in [3.8, 4) is 17.4 Å². The number of nitrogens with zero attached hydrogens (tertiary/aromatic N) is 1. The third-order valence-electron chi connectivity index (χ3n) is 7.20. The summed E-state index contributed by atoms with van der Waals surface area (Å²) in [5, 5.41) is 23.7. The highest BCUT2D eigenvalue weighted by Gasteiger charge is 2.41. The molecule has 1 atom stereocenters. The second kappa shape index (κ2) is 9.50. The van der Waals surface area contributed by atoms with E-state index in [0.717, 1.165) is 30.0 Å². The van der Waals surface area contributed by atoms with Gasteiger partial charge in [-0.25, -0.2) is 0 Å². The van der Waals surface area contributed by atoms with Crippen LogP contribution in [0, 0.1) is 4.77 Å². The van der Waals surface area contributed by atoms with E-state index in [-0.39, 0.29) is 45.0 Å². The Morgan fingerprint density at radius 3 is 2.34 bits per heavy atom. The minimum Gasteiger partial charge on any atom is -0.508 e. The molecule has 1 fully saturated rings. The van der Waals surface area contributed by atoms with Crippen LogP contribution in [0.5, 0.6) is 17.4 Å². The lowest BCUT2D eigenvalue weighted by Gasteiger charge is -2.34. The molecule has 0 bridgehead atoms. The lowest BCUT2D eigenvalue weighted by atomic mass is 9.80. The number of hydrogen-bond donors (Lipinski definition) is 4. The number of amides is 1. The van der Waals surface area contributed by atoms with Crippen molar-refractivity contribution >= 4 is 34.7 Å². The van der Waals surface area contributed by atoms with Gasteiger partial charge in [0.15, 0.2) is 4.77 Å². The summed E-state index contributed by atoms with van der Waals surface area (Å²) in [5.74, 6) is -1.29. The number of phenolic OH excluding ortho intramolecular Hbond substituents is 2. The predicted molar refractivity (Wildman–Crippen MR) is 146 cm³/mol. The van der Waals surface area contributed by atoms with Crippen molar-refractivity contribution in [2.75, 3.05) is 13.1 Å². The van der Waals surface area contributed by atoms with Crippen LogP contribution in [-0.2, 0) is 4.79 Å². The molecule has 2 aliphatic heterocycles. The van der Waals surface area contributed by atoms with Crippen LogP contribution in [0.4, 0.5) is 0 Å². The maximum atomic E-state index is 14.3. The normalized spacial score (nSPS) is 17.3. The molecule has 38 heavy (non-hydrogen) atoms. The fourth-order valence-corrected chi connectivity index (χ4v) is 5.58. The van der Waals surface area contributed by atoms with Gasteiger partial charge >= 0.3 is 0 Å². The SMILES string of the molecule is O=C(C1=C(c2ccccc2O)Oc2[nH]c(=S)[nH]c(=O)c2C1c1cc2ccccc2cc1O)N1CCCCC1. The van der Waals surface area contributed by atoms with Gasteiger partial charge in [-0.15, -0.1) is 0 Å². The van der Waals surface area contributed by atoms with Crippen LogP contribution in [-0.4, -0.2) is 44.1 Å². The number of aromatic amines is 2. The second-order valence-corrected chi connectivity index (χ2v) is 9.97. The molecule has 2 aliphatic rings. The maximum Gasteiger partial charge on any atom is 0.259 e. The van der Waals surface area contributed by atoms with Crippen molar-refractivity contribution in [1.82, 2.24) is 14.9 Å². The molecule has 0 aliphatic carbocycles. The third-order valence-corrected chi connectivity index (χ3v) is 7.40. The minimum atomic E-state index is -0.997. The number of rotatable bonds is 3. The van der Waals surface area contributed by atoms with E-state index in [9.17, 15) is 19.8 Å². The van der Waals surface area contributed by atoms with Crippen LogP contribution in [0.15, 0.2) is 71.0 Å². The Morgan fingerprint density at radius 1 is 0.921 bits per heavy atom. The van der Waals surface area contributed by atoms with Gasteiger partial charge < -0.3 is 24.8 Å². The lowest BCUT2D eigenvalue weighted by Crippen LogP contribution is -2.40. The second-order valence-electron chi connectivity index (χ2n) is 9.56. The van der Waals surface area contributed by atoms with Gasteiger partial charge in [0.05, 0.1) is 22.6 Å². The Labute approximate surface area is 222 Å². The first-order valence-corrected chi connectivity index (χ1v) is 12.9. The molecule has 192 valence electrons. The molecule has 0 spiro atoms. The van der Waals surface area contributed by atoms with E-state index in [1.807, 2.05) is 24.3 Å². The molecular formula is C29H25N3O5S. The summed E-state index contributed by atoms with van der Waals surface area (Å²) < 4.78 is 6.27. The van der Waals surface area contributed by atoms with Crippen molar-refractivity contribution in [1.29, 1.82) is 0 Å². The summed E-state index contributed by atoms with van der Waals surface area (Å²) in [6, 6.07) is 17.5. The lowest BCUT2D eigenvalue weighted by molar-refractivity contribution is -0.128. The van der Waals surface area contributed by atoms with Crippen molar-refractivity contribution in [3.05, 3.63) is 98.1 Å². The first kappa shape index (κ1) is 24.0. The number of benzene rings is 3. The zero-order chi connectivity index (χ0) is 26.4. The minimum absolute atomic E-state index is 0.0534. The molecular weight excluding hydrogens is 502 g/mol. The number of piperidine rings is 1. The van der Waals surface area contributed by atoms with Gasteiger partial charge in [-0.1, -0.05) is 36.4 Å². The molecule has 0 saturated carbocycles. The first-order valence-electron chi connectivity index (χ1n) is 12.5. The highest BCUT2D eigenvalue weighted by Crippen LogP contribution is 2.48. The molecule has 3 heterocycles. The number of aromatic hydroxyl groups is 2. The average Bonchev–Trinajstić information content (AvgIpc) is 2.92. The van der Waals surface area contributed by atoms with Gasteiger partial charge in [0.2, 0.25) is 5.88 Å². The summed E-state index contributed by atoms with van der Waals surface area (Å²) >= 11 is 5.21. The number of para-hydroxylation sites is 1. The summed E-state index contributed by atoms with van der Waals surface area (Å²) in [5.41, 5.74) is 0.439. The summed E-state index contributed by atoms with van der Waals surface area (Å²) in [7, 11) is 0. The molecule has 6 rings (SSSR count). The van der Waals surface area contributed by atoms with Gasteiger partial charge in [0, 0.05) is 18.7 Å². The molecule has 1 aromatic heterocycles. The smallest absolute Gasteiger partial charge is 0.259 e. The molecule has 1 saturated heterocycles. The third kappa shape index (κ3) is 4.05. The van der Waals surface area contributed by atoms with E-state index < -0.39 is 11.5 Å². The predicted octanol–water partition coefficient (Wildman–Crippen LogP) is 4.94. The van der Waals surface area contributed by atoms with Crippen LogP contribution in [0.2, 0.25) is 0 Å². The number of phenols is 2. The Balaban J connectivity index is 1.70. The van der Waals surface area contributed by atoms with E-state index in [4.69, 9.17) is 17.0 Å². The van der Waals surface area contributed by atoms with E-state index >= 15 is 0 Å². The Kier molecular flexibility index (Phi) is 6.00. The van der Waals surface area contributed by atoms with Crippen LogP contribution in [0.25, 0.3) is 16.5 Å². The number of nitrogens with one attached hydrogen (secondary N) is 2. The maximum absolute atomic E-state index is 14.3. The molecule has 4 N–H and O–H groups in total. The number of carbonyl (C=O) groups excluding carboxylic acids is 1.